The highest BCUT2D eigenvalue weighted by molar-refractivity contribution is 8.18. The molecule has 1 saturated heterocycles. The van der Waals surface area contributed by atoms with Crippen molar-refractivity contribution in [3.05, 3.63) is 97.4 Å². The van der Waals surface area contributed by atoms with Gasteiger partial charge < -0.3 is 24.0 Å². The van der Waals surface area contributed by atoms with E-state index in [1.807, 2.05) is 66.6 Å². The number of nitrogens with zero attached hydrogens (tertiary/aromatic N) is 4. The molecule has 0 bridgehead atoms. The second-order valence-electron chi connectivity index (χ2n) is 10.00. The molecule has 3 heterocycles. The predicted octanol–water partition coefficient (Wildman–Crippen LogP) is 6.34. The standard InChI is InChI=1S/C31H32N4O6S/c1-5-41-31(37)28-29(36)27(42-30(28)32-23-8-6-19(2)7-9-23)17-22-16-20(3)34(21(22)4)24-10-11-25(26(18-24)35(38)39)33-12-14-40-15-13-33/h6-11,16-18,36H,5,12-15H2,1-4H3/b27-17-,32-30?. The summed E-state index contributed by atoms with van der Waals surface area (Å²) in [5, 5.41) is 23.5. The van der Waals surface area contributed by atoms with E-state index in [2.05, 4.69) is 4.99 Å². The van der Waals surface area contributed by atoms with Crippen molar-refractivity contribution >= 4 is 45.9 Å². The maximum atomic E-state index is 12.8. The monoisotopic (exact) mass is 588 g/mol. The van der Waals surface area contributed by atoms with Crippen LogP contribution in [0.4, 0.5) is 17.1 Å². The first-order chi connectivity index (χ1) is 20.2. The number of aliphatic imine (C=N–C) groups is 1. The number of aliphatic hydroxyl groups is 1. The maximum absolute atomic E-state index is 12.8. The molecule has 0 radical (unpaired) electrons. The molecule has 0 atom stereocenters. The number of esters is 1. The van der Waals surface area contributed by atoms with Gasteiger partial charge in [-0.3, -0.25) is 10.1 Å². The Hall–Kier alpha value is -4.35. The van der Waals surface area contributed by atoms with Crippen LogP contribution < -0.4 is 4.90 Å². The molecule has 1 N–H and O–H groups in total. The van der Waals surface area contributed by atoms with Crippen LogP contribution in [0.3, 0.4) is 0 Å². The third-order valence-corrected chi connectivity index (χ3v) is 8.18. The van der Waals surface area contributed by atoms with E-state index < -0.39 is 5.97 Å². The number of ether oxygens (including phenoxy) is 2. The molecule has 10 nitrogen and oxygen atoms in total. The number of hydrogen-bond acceptors (Lipinski definition) is 9. The molecule has 0 aliphatic carbocycles. The number of nitro benzene ring substituents is 1. The van der Waals surface area contributed by atoms with E-state index in [1.165, 1.54) is 11.8 Å². The molecule has 2 aliphatic rings. The van der Waals surface area contributed by atoms with Crippen molar-refractivity contribution in [2.45, 2.75) is 27.7 Å². The SMILES string of the molecule is CCOC(=O)C1=C(O)/C(=C/c2cc(C)n(-c3ccc(N4CCOCC4)c([N+](=O)[O-])c3)c2C)SC1=Nc1ccc(C)cc1. The Labute approximate surface area is 248 Å². The summed E-state index contributed by atoms with van der Waals surface area (Å²) in [5.41, 5.74) is 5.50. The molecule has 0 saturated carbocycles. The zero-order valence-electron chi connectivity index (χ0n) is 23.9. The van der Waals surface area contributed by atoms with Crippen LogP contribution in [0, 0.1) is 30.9 Å². The average molecular weight is 589 g/mol. The number of morpholine rings is 1. The number of thioether (sulfide) groups is 1. The van der Waals surface area contributed by atoms with Crippen molar-refractivity contribution in [3.63, 3.8) is 0 Å². The first kappa shape index (κ1) is 29.2. The topological polar surface area (TPSA) is 119 Å². The minimum Gasteiger partial charge on any atom is -0.506 e. The fourth-order valence-electron chi connectivity index (χ4n) is 5.07. The second kappa shape index (κ2) is 12.3. The fourth-order valence-corrected chi connectivity index (χ4v) is 6.10. The Morgan fingerprint density at radius 1 is 1.14 bits per heavy atom. The smallest absolute Gasteiger partial charge is 0.344 e. The lowest BCUT2D eigenvalue weighted by molar-refractivity contribution is -0.384. The zero-order valence-corrected chi connectivity index (χ0v) is 24.7. The van der Waals surface area contributed by atoms with E-state index in [0.717, 1.165) is 22.5 Å². The number of hydrogen-bond donors (Lipinski definition) is 1. The van der Waals surface area contributed by atoms with Gasteiger partial charge in [0.25, 0.3) is 5.69 Å². The normalized spacial score (nSPS) is 17.4. The Bertz CT molecular complexity index is 1630. The Kier molecular flexibility index (Phi) is 8.51. The van der Waals surface area contributed by atoms with Gasteiger partial charge in [0.15, 0.2) is 0 Å². The van der Waals surface area contributed by atoms with E-state index in [-0.39, 0.29) is 28.5 Å². The lowest BCUT2D eigenvalue weighted by Crippen LogP contribution is -2.36. The summed E-state index contributed by atoms with van der Waals surface area (Å²) in [6, 6.07) is 14.7. The van der Waals surface area contributed by atoms with Gasteiger partial charge in [-0.15, -0.1) is 0 Å². The Morgan fingerprint density at radius 2 is 1.86 bits per heavy atom. The Morgan fingerprint density at radius 3 is 2.52 bits per heavy atom. The van der Waals surface area contributed by atoms with Gasteiger partial charge in [0.05, 0.1) is 41.0 Å². The largest absolute Gasteiger partial charge is 0.506 e. The highest BCUT2D eigenvalue weighted by Crippen LogP contribution is 2.41. The lowest BCUT2D eigenvalue weighted by Gasteiger charge is -2.28. The van der Waals surface area contributed by atoms with E-state index in [9.17, 15) is 20.0 Å². The van der Waals surface area contributed by atoms with Gasteiger partial charge in [-0.2, -0.15) is 0 Å². The number of aryl methyl sites for hydroxylation is 2. The van der Waals surface area contributed by atoms with E-state index in [1.54, 1.807) is 25.1 Å². The van der Waals surface area contributed by atoms with Crippen molar-refractivity contribution in [2.24, 2.45) is 4.99 Å². The molecule has 0 spiro atoms. The fraction of sp³-hybridized carbons (Fsp3) is 0.290. The molecule has 1 aromatic heterocycles. The van der Waals surface area contributed by atoms with Crippen molar-refractivity contribution in [1.82, 2.24) is 4.57 Å². The van der Waals surface area contributed by atoms with Crippen molar-refractivity contribution in [3.8, 4) is 5.69 Å². The van der Waals surface area contributed by atoms with Gasteiger partial charge in [-0.1, -0.05) is 29.5 Å². The summed E-state index contributed by atoms with van der Waals surface area (Å²) in [7, 11) is 0. The third-order valence-electron chi connectivity index (χ3n) is 7.16. The minimum atomic E-state index is -0.644. The zero-order chi connectivity index (χ0) is 30.0. The molecular weight excluding hydrogens is 556 g/mol. The highest BCUT2D eigenvalue weighted by atomic mass is 32.2. The van der Waals surface area contributed by atoms with Crippen LogP contribution in [0.1, 0.15) is 29.4 Å². The average Bonchev–Trinajstić information content (AvgIpc) is 3.43. The van der Waals surface area contributed by atoms with Crippen LogP contribution in [-0.2, 0) is 14.3 Å². The molecule has 3 aromatic rings. The molecule has 2 aromatic carbocycles. The molecular formula is C31H32N4O6S. The van der Waals surface area contributed by atoms with Crippen LogP contribution in [0.5, 0.6) is 0 Å². The van der Waals surface area contributed by atoms with Gasteiger partial charge in [-0.05, 0) is 69.7 Å². The molecule has 0 amide bonds. The van der Waals surface area contributed by atoms with E-state index in [4.69, 9.17) is 9.47 Å². The van der Waals surface area contributed by atoms with Crippen LogP contribution in [0.25, 0.3) is 11.8 Å². The van der Waals surface area contributed by atoms with Crippen molar-refractivity contribution in [1.29, 1.82) is 0 Å². The molecule has 42 heavy (non-hydrogen) atoms. The summed E-state index contributed by atoms with van der Waals surface area (Å²) in [4.78, 5) is 31.6. The molecule has 5 rings (SSSR count). The van der Waals surface area contributed by atoms with E-state index in [0.29, 0.717) is 53.3 Å². The molecule has 2 aliphatic heterocycles. The number of carbonyl (C=O) groups excluding carboxylic acids is 1. The number of nitro groups is 1. The number of carbonyl (C=O) groups is 1. The quantitative estimate of drug-likeness (QED) is 0.193. The molecule has 218 valence electrons. The molecule has 1 fully saturated rings. The number of aliphatic hydroxyl groups excluding tert-OH is 1. The van der Waals surface area contributed by atoms with E-state index >= 15 is 0 Å². The second-order valence-corrected chi connectivity index (χ2v) is 11.0. The van der Waals surface area contributed by atoms with Gasteiger partial charge in [0.1, 0.15) is 22.1 Å². The van der Waals surface area contributed by atoms with Gasteiger partial charge in [-0.25, -0.2) is 9.79 Å². The summed E-state index contributed by atoms with van der Waals surface area (Å²) in [6.45, 7) is 9.92. The van der Waals surface area contributed by atoms with Crippen molar-refractivity contribution < 1.29 is 24.3 Å². The summed E-state index contributed by atoms with van der Waals surface area (Å²) < 4.78 is 12.6. The van der Waals surface area contributed by atoms with Crippen molar-refractivity contribution in [2.75, 3.05) is 37.8 Å². The number of aromatic nitrogens is 1. The van der Waals surface area contributed by atoms with Crippen LogP contribution >= 0.6 is 11.8 Å². The van der Waals surface area contributed by atoms with Crippen LogP contribution in [0.2, 0.25) is 0 Å². The van der Waals surface area contributed by atoms with Gasteiger partial charge >= 0.3 is 5.97 Å². The summed E-state index contributed by atoms with van der Waals surface area (Å²) in [5.74, 6) is -0.838. The molecule has 0 unspecified atom stereocenters. The third kappa shape index (κ3) is 5.83. The van der Waals surface area contributed by atoms with Crippen LogP contribution in [-0.4, -0.2) is 58.5 Å². The maximum Gasteiger partial charge on any atom is 0.344 e. The summed E-state index contributed by atoms with van der Waals surface area (Å²) in [6.07, 6.45) is 1.80. The summed E-state index contributed by atoms with van der Waals surface area (Å²) >= 11 is 1.19. The highest BCUT2D eigenvalue weighted by Gasteiger charge is 2.33. The lowest BCUT2D eigenvalue weighted by atomic mass is 10.1. The molecule has 11 heteroatoms. The van der Waals surface area contributed by atoms with Crippen LogP contribution in [0.15, 0.2) is 69.8 Å². The minimum absolute atomic E-state index is 0.0248. The van der Waals surface area contributed by atoms with Gasteiger partial charge in [0.2, 0.25) is 0 Å². The Balaban J connectivity index is 1.53. The first-order valence-corrected chi connectivity index (χ1v) is 14.5. The first-order valence-electron chi connectivity index (χ1n) is 13.6. The number of rotatable bonds is 7. The van der Waals surface area contributed by atoms with Gasteiger partial charge in [0, 0.05) is 30.5 Å². The number of anilines is 1. The predicted molar refractivity (Wildman–Crippen MR) is 165 cm³/mol. The number of benzene rings is 2.